The van der Waals surface area contributed by atoms with Gasteiger partial charge >= 0.3 is 0 Å². The lowest BCUT2D eigenvalue weighted by atomic mass is 10.1. The van der Waals surface area contributed by atoms with E-state index in [2.05, 4.69) is 14.7 Å². The molecule has 4 N–H and O–H groups in total. The molecule has 6 nitrogen and oxygen atoms in total. The van der Waals surface area contributed by atoms with Gasteiger partial charge in [0.2, 0.25) is 0 Å². The Morgan fingerprint density at radius 2 is 2.37 bits per heavy atom. The van der Waals surface area contributed by atoms with Gasteiger partial charge in [0.25, 0.3) is 10.0 Å². The first-order chi connectivity index (χ1) is 8.94. The van der Waals surface area contributed by atoms with E-state index in [-0.39, 0.29) is 17.0 Å². The summed E-state index contributed by atoms with van der Waals surface area (Å²) < 4.78 is 27.1. The maximum Gasteiger partial charge on any atom is 0.257 e. The second-order valence-corrected chi connectivity index (χ2v) is 6.87. The van der Waals surface area contributed by atoms with E-state index in [9.17, 15) is 8.42 Å². The van der Waals surface area contributed by atoms with Gasteiger partial charge in [-0.05, 0) is 12.8 Å². The molecule has 0 spiro atoms. The summed E-state index contributed by atoms with van der Waals surface area (Å²) in [5.41, 5.74) is 5.65. The van der Waals surface area contributed by atoms with E-state index in [4.69, 9.17) is 18.0 Å². The van der Waals surface area contributed by atoms with Gasteiger partial charge < -0.3 is 10.7 Å². The predicted octanol–water partition coefficient (Wildman–Crippen LogP) is 0.705. The minimum Gasteiger partial charge on any atom is -0.393 e. The number of nitrogens with two attached hydrogens (primary N) is 1. The minimum absolute atomic E-state index is 0.0571. The van der Waals surface area contributed by atoms with Crippen LogP contribution in [0.2, 0.25) is 0 Å². The maximum absolute atomic E-state index is 12.2. The van der Waals surface area contributed by atoms with E-state index in [0.29, 0.717) is 17.2 Å². The zero-order valence-corrected chi connectivity index (χ0v) is 12.4. The minimum atomic E-state index is -3.58. The molecule has 1 aromatic heterocycles. The molecule has 0 bridgehead atoms. The largest absolute Gasteiger partial charge is 0.393 e. The second kappa shape index (κ2) is 5.56. The third-order valence-electron chi connectivity index (χ3n) is 3.42. The maximum atomic E-state index is 12.2. The second-order valence-electron chi connectivity index (χ2n) is 4.72. The molecule has 0 saturated heterocycles. The molecule has 1 aliphatic carbocycles. The number of aromatic nitrogens is 2. The number of sulfonamides is 1. The van der Waals surface area contributed by atoms with Crippen molar-refractivity contribution in [2.45, 2.75) is 43.7 Å². The molecule has 0 aliphatic heterocycles. The number of hydrogen-bond acceptors (Lipinski definition) is 4. The van der Waals surface area contributed by atoms with E-state index >= 15 is 0 Å². The van der Waals surface area contributed by atoms with Gasteiger partial charge in [-0.1, -0.05) is 25.6 Å². The molecule has 1 aromatic rings. The highest BCUT2D eigenvalue weighted by molar-refractivity contribution is 7.89. The Hall–Kier alpha value is -0.990. The Bertz CT molecular complexity index is 567. The summed E-state index contributed by atoms with van der Waals surface area (Å²) in [5, 5.41) is 0.0953. The first kappa shape index (κ1) is 14.4. The molecule has 19 heavy (non-hydrogen) atoms. The van der Waals surface area contributed by atoms with E-state index < -0.39 is 10.0 Å². The quantitative estimate of drug-likeness (QED) is 0.695. The molecule has 106 valence electrons. The molecule has 2 unspecified atom stereocenters. The van der Waals surface area contributed by atoms with Gasteiger partial charge in [-0.25, -0.2) is 18.1 Å². The lowest BCUT2D eigenvalue weighted by Gasteiger charge is -2.19. The summed E-state index contributed by atoms with van der Waals surface area (Å²) in [4.78, 5) is 7.18. The van der Waals surface area contributed by atoms with Gasteiger partial charge in [0.15, 0.2) is 5.03 Å². The Labute approximate surface area is 118 Å². The Kier molecular flexibility index (Phi) is 4.22. The smallest absolute Gasteiger partial charge is 0.257 e. The summed E-state index contributed by atoms with van der Waals surface area (Å²) >= 11 is 4.98. The molecule has 1 saturated carbocycles. The molecule has 1 fully saturated rings. The van der Waals surface area contributed by atoms with Crippen LogP contribution in [0.25, 0.3) is 0 Å². The number of rotatable bonds is 5. The van der Waals surface area contributed by atoms with Gasteiger partial charge in [-0.15, -0.1) is 0 Å². The summed E-state index contributed by atoms with van der Waals surface area (Å²) in [5.74, 6) is 0.594. The van der Waals surface area contributed by atoms with Gasteiger partial charge in [-0.2, -0.15) is 0 Å². The van der Waals surface area contributed by atoms with Crippen LogP contribution in [0.3, 0.4) is 0 Å². The monoisotopic (exact) mass is 302 g/mol. The molecule has 2 rings (SSSR count). The molecule has 0 radical (unpaired) electrons. The highest BCUT2D eigenvalue weighted by atomic mass is 32.2. The van der Waals surface area contributed by atoms with Crippen LogP contribution in [0.5, 0.6) is 0 Å². The first-order valence-electron chi connectivity index (χ1n) is 6.29. The summed E-state index contributed by atoms with van der Waals surface area (Å²) in [7, 11) is -3.58. The molecular formula is C11H18N4O2S2. The number of hydrogen-bond donors (Lipinski definition) is 3. The number of aromatic amines is 1. The van der Waals surface area contributed by atoms with E-state index in [1.54, 1.807) is 0 Å². The number of imidazole rings is 1. The van der Waals surface area contributed by atoms with Crippen LogP contribution in [0.4, 0.5) is 0 Å². The van der Waals surface area contributed by atoms with Crippen molar-refractivity contribution in [2.75, 3.05) is 0 Å². The number of nitrogens with one attached hydrogen (secondary N) is 2. The number of aryl methyl sites for hydroxylation is 1. The van der Waals surface area contributed by atoms with Gasteiger partial charge in [0.05, 0.1) is 11.2 Å². The Morgan fingerprint density at radius 3 is 2.95 bits per heavy atom. The third-order valence-corrected chi connectivity index (χ3v) is 5.12. The van der Waals surface area contributed by atoms with Crippen molar-refractivity contribution in [1.82, 2.24) is 14.7 Å². The molecule has 0 amide bonds. The molecule has 1 heterocycles. The van der Waals surface area contributed by atoms with Crippen molar-refractivity contribution in [1.29, 1.82) is 0 Å². The molecular weight excluding hydrogens is 284 g/mol. The average molecular weight is 302 g/mol. The predicted molar refractivity (Wildman–Crippen MR) is 76.2 cm³/mol. The van der Waals surface area contributed by atoms with Crippen molar-refractivity contribution >= 4 is 27.2 Å². The first-order valence-corrected chi connectivity index (χ1v) is 8.18. The number of nitrogens with zero attached hydrogens (tertiary/aromatic N) is 1. The highest BCUT2D eigenvalue weighted by Crippen LogP contribution is 2.27. The van der Waals surface area contributed by atoms with Crippen LogP contribution >= 0.6 is 12.2 Å². The van der Waals surface area contributed by atoms with Crippen LogP contribution in [0, 0.1) is 5.92 Å². The fourth-order valence-electron chi connectivity index (χ4n) is 2.36. The van der Waals surface area contributed by atoms with Crippen LogP contribution in [-0.2, 0) is 16.4 Å². The molecule has 8 heteroatoms. The van der Waals surface area contributed by atoms with Crippen molar-refractivity contribution in [3.63, 3.8) is 0 Å². The summed E-state index contributed by atoms with van der Waals surface area (Å²) in [6.07, 6.45) is 4.53. The van der Waals surface area contributed by atoms with Gasteiger partial charge in [0.1, 0.15) is 5.82 Å². The van der Waals surface area contributed by atoms with Gasteiger partial charge in [-0.3, -0.25) is 0 Å². The molecule has 2 atom stereocenters. The summed E-state index contributed by atoms with van der Waals surface area (Å²) in [6, 6.07) is -0.212. The van der Waals surface area contributed by atoms with E-state index in [1.807, 2.05) is 6.92 Å². The van der Waals surface area contributed by atoms with Crippen molar-refractivity contribution < 1.29 is 8.42 Å². The molecule has 1 aliphatic rings. The van der Waals surface area contributed by atoms with Crippen molar-refractivity contribution in [3.8, 4) is 0 Å². The van der Waals surface area contributed by atoms with E-state index in [0.717, 1.165) is 19.3 Å². The van der Waals surface area contributed by atoms with Crippen LogP contribution < -0.4 is 10.5 Å². The highest BCUT2D eigenvalue weighted by Gasteiger charge is 2.33. The number of thiocarbonyl (C=S) groups is 1. The fourth-order valence-corrected chi connectivity index (χ4v) is 3.90. The third kappa shape index (κ3) is 3.13. The standard InChI is InChI=1S/C11H18N4O2S2/c1-2-9-13-6-10(14-9)19(16,17)15-8-5-3-4-7(8)11(12)18/h6-8,15H,2-5H2,1H3,(H2,12,18)(H,13,14). The Morgan fingerprint density at radius 1 is 1.63 bits per heavy atom. The lowest BCUT2D eigenvalue weighted by Crippen LogP contribution is -2.41. The topological polar surface area (TPSA) is 101 Å². The Balaban J connectivity index is 2.15. The van der Waals surface area contributed by atoms with E-state index in [1.165, 1.54) is 6.20 Å². The van der Waals surface area contributed by atoms with Gasteiger partial charge in [0, 0.05) is 18.4 Å². The van der Waals surface area contributed by atoms with Crippen LogP contribution in [0.15, 0.2) is 11.2 Å². The summed E-state index contributed by atoms with van der Waals surface area (Å²) in [6.45, 7) is 1.91. The zero-order valence-electron chi connectivity index (χ0n) is 10.7. The van der Waals surface area contributed by atoms with Crippen molar-refractivity contribution in [2.24, 2.45) is 11.7 Å². The van der Waals surface area contributed by atoms with Crippen molar-refractivity contribution in [3.05, 3.63) is 12.0 Å². The van der Waals surface area contributed by atoms with Crippen LogP contribution in [0.1, 0.15) is 32.0 Å². The lowest BCUT2D eigenvalue weighted by molar-refractivity contribution is 0.523. The van der Waals surface area contributed by atoms with Crippen LogP contribution in [-0.4, -0.2) is 29.4 Å². The normalized spacial score (nSPS) is 23.6. The fraction of sp³-hybridized carbons (Fsp3) is 0.636. The SMILES string of the molecule is CCc1ncc(S(=O)(=O)NC2CCCC2C(N)=S)[nH]1. The number of H-pyrrole nitrogens is 1. The zero-order chi connectivity index (χ0) is 14.0. The average Bonchev–Trinajstić information content (AvgIpc) is 2.95. The molecule has 0 aromatic carbocycles.